The van der Waals surface area contributed by atoms with Gasteiger partial charge in [0.2, 0.25) is 11.8 Å². The van der Waals surface area contributed by atoms with E-state index in [-0.39, 0.29) is 23.8 Å². The smallest absolute Gasteiger partial charge is 0.229 e. The highest BCUT2D eigenvalue weighted by Crippen LogP contribution is 2.30. The van der Waals surface area contributed by atoms with E-state index in [0.29, 0.717) is 38.0 Å². The Labute approximate surface area is 119 Å². The number of hydrogen-bond acceptors (Lipinski definition) is 4. The van der Waals surface area contributed by atoms with Crippen molar-refractivity contribution >= 4 is 17.6 Å². The molecule has 0 aromatic heterocycles. The molecule has 0 aliphatic carbocycles. The van der Waals surface area contributed by atoms with Crippen LogP contribution < -0.4 is 0 Å². The molecule has 0 spiro atoms. The lowest BCUT2D eigenvalue weighted by Gasteiger charge is -2.44. The van der Waals surface area contributed by atoms with Gasteiger partial charge in [0.05, 0.1) is 6.04 Å². The molecule has 3 saturated heterocycles. The SMILES string of the molecule is O=C1CCCN2CCC[C@@H](CN3C(=O)CCCC3=O)[C@H]12. The van der Waals surface area contributed by atoms with Crippen molar-refractivity contribution in [1.82, 2.24) is 9.80 Å². The van der Waals surface area contributed by atoms with E-state index in [2.05, 4.69) is 4.90 Å². The van der Waals surface area contributed by atoms with Crippen LogP contribution in [0.2, 0.25) is 0 Å². The number of nitrogens with zero attached hydrogens (tertiary/aromatic N) is 2. The van der Waals surface area contributed by atoms with Gasteiger partial charge >= 0.3 is 0 Å². The predicted octanol–water partition coefficient (Wildman–Crippen LogP) is 0.969. The first-order valence-corrected chi connectivity index (χ1v) is 7.77. The molecule has 0 aromatic carbocycles. The van der Waals surface area contributed by atoms with Gasteiger partial charge in [0.25, 0.3) is 0 Å². The van der Waals surface area contributed by atoms with Gasteiger partial charge in [-0.1, -0.05) is 0 Å². The van der Waals surface area contributed by atoms with Gasteiger partial charge in [0.15, 0.2) is 0 Å². The summed E-state index contributed by atoms with van der Waals surface area (Å²) in [5.74, 6) is 0.337. The number of piperidine rings is 3. The molecule has 5 heteroatoms. The van der Waals surface area contributed by atoms with Crippen LogP contribution in [0.5, 0.6) is 0 Å². The van der Waals surface area contributed by atoms with E-state index in [4.69, 9.17) is 0 Å². The molecule has 0 saturated carbocycles. The molecule has 20 heavy (non-hydrogen) atoms. The Kier molecular flexibility index (Phi) is 3.87. The summed E-state index contributed by atoms with van der Waals surface area (Å²) >= 11 is 0. The van der Waals surface area contributed by atoms with Gasteiger partial charge in [-0.25, -0.2) is 0 Å². The Hall–Kier alpha value is -1.23. The Bertz CT molecular complexity index is 417. The Morgan fingerprint density at radius 1 is 0.900 bits per heavy atom. The maximum Gasteiger partial charge on any atom is 0.229 e. The highest BCUT2D eigenvalue weighted by Gasteiger charge is 2.40. The fourth-order valence-electron chi connectivity index (χ4n) is 3.90. The molecule has 0 N–H and O–H groups in total. The summed E-state index contributed by atoms with van der Waals surface area (Å²) in [5.41, 5.74) is 0. The average Bonchev–Trinajstić information content (AvgIpc) is 2.43. The maximum absolute atomic E-state index is 12.2. The van der Waals surface area contributed by atoms with Crippen molar-refractivity contribution in [3.63, 3.8) is 0 Å². The molecular weight excluding hydrogens is 256 g/mol. The lowest BCUT2D eigenvalue weighted by atomic mass is 9.82. The van der Waals surface area contributed by atoms with E-state index in [1.165, 1.54) is 4.90 Å². The van der Waals surface area contributed by atoms with E-state index in [0.717, 1.165) is 32.4 Å². The lowest BCUT2D eigenvalue weighted by Crippen LogP contribution is -2.56. The van der Waals surface area contributed by atoms with E-state index >= 15 is 0 Å². The zero-order valence-corrected chi connectivity index (χ0v) is 11.8. The summed E-state index contributed by atoms with van der Waals surface area (Å²) in [6.07, 6.45) is 5.23. The molecule has 5 nitrogen and oxygen atoms in total. The second kappa shape index (κ2) is 5.64. The van der Waals surface area contributed by atoms with Gasteiger partial charge in [0, 0.05) is 25.8 Å². The van der Waals surface area contributed by atoms with E-state index < -0.39 is 0 Å². The summed E-state index contributed by atoms with van der Waals surface area (Å²) in [6.45, 7) is 2.41. The number of hydrogen-bond donors (Lipinski definition) is 0. The van der Waals surface area contributed by atoms with Crippen molar-refractivity contribution in [1.29, 1.82) is 0 Å². The first kappa shape index (κ1) is 13.7. The summed E-state index contributed by atoms with van der Waals surface area (Å²) < 4.78 is 0. The Morgan fingerprint density at radius 2 is 1.60 bits per heavy atom. The minimum absolute atomic E-state index is 0.0540. The van der Waals surface area contributed by atoms with E-state index in [9.17, 15) is 14.4 Å². The molecule has 0 aromatic rings. The van der Waals surface area contributed by atoms with Crippen LogP contribution in [-0.4, -0.2) is 53.1 Å². The van der Waals surface area contributed by atoms with Crippen molar-refractivity contribution in [3.05, 3.63) is 0 Å². The zero-order valence-electron chi connectivity index (χ0n) is 11.8. The van der Waals surface area contributed by atoms with Gasteiger partial charge in [-0.05, 0) is 44.7 Å². The first-order chi connectivity index (χ1) is 9.66. The summed E-state index contributed by atoms with van der Waals surface area (Å²) in [5, 5.41) is 0. The summed E-state index contributed by atoms with van der Waals surface area (Å²) in [6, 6.07) is -0.0555. The predicted molar refractivity (Wildman–Crippen MR) is 72.9 cm³/mol. The number of ketones is 1. The van der Waals surface area contributed by atoms with Crippen LogP contribution in [0.4, 0.5) is 0 Å². The normalized spacial score (nSPS) is 32.4. The number of Topliss-reactive ketones (excluding diaryl/α,β-unsaturated/α-hetero) is 1. The van der Waals surface area contributed by atoms with Crippen molar-refractivity contribution < 1.29 is 14.4 Å². The largest absolute Gasteiger partial charge is 0.298 e. The molecule has 3 aliphatic rings. The first-order valence-electron chi connectivity index (χ1n) is 7.77. The fraction of sp³-hybridized carbons (Fsp3) is 0.800. The number of carbonyl (C=O) groups is 3. The number of carbonyl (C=O) groups excluding carboxylic acids is 3. The highest BCUT2D eigenvalue weighted by molar-refractivity contribution is 5.97. The zero-order chi connectivity index (χ0) is 14.1. The van der Waals surface area contributed by atoms with E-state index in [1.54, 1.807) is 0 Å². The van der Waals surface area contributed by atoms with Crippen LogP contribution in [0, 0.1) is 5.92 Å². The quantitative estimate of drug-likeness (QED) is 0.706. The molecule has 3 heterocycles. The lowest BCUT2D eigenvalue weighted by molar-refractivity contribution is -0.151. The van der Waals surface area contributed by atoms with Crippen LogP contribution in [0.25, 0.3) is 0 Å². The summed E-state index contributed by atoms with van der Waals surface area (Å²) in [7, 11) is 0. The number of imide groups is 1. The number of likely N-dealkylation sites (tertiary alicyclic amines) is 1. The van der Waals surface area contributed by atoms with Gasteiger partial charge in [-0.3, -0.25) is 24.2 Å². The maximum atomic E-state index is 12.2. The minimum atomic E-state index is -0.0555. The van der Waals surface area contributed by atoms with Crippen molar-refractivity contribution in [2.45, 2.75) is 51.0 Å². The van der Waals surface area contributed by atoms with Gasteiger partial charge in [0.1, 0.15) is 5.78 Å². The fourth-order valence-corrected chi connectivity index (χ4v) is 3.90. The van der Waals surface area contributed by atoms with Crippen molar-refractivity contribution in [2.75, 3.05) is 19.6 Å². The molecule has 3 rings (SSSR count). The van der Waals surface area contributed by atoms with E-state index in [1.807, 2.05) is 0 Å². The summed E-state index contributed by atoms with van der Waals surface area (Å²) in [4.78, 5) is 39.7. The number of amides is 2. The molecular formula is C15H22N2O3. The van der Waals surface area contributed by atoms with Gasteiger partial charge < -0.3 is 0 Å². The van der Waals surface area contributed by atoms with Gasteiger partial charge in [-0.15, -0.1) is 0 Å². The second-order valence-corrected chi connectivity index (χ2v) is 6.20. The van der Waals surface area contributed by atoms with Crippen LogP contribution in [-0.2, 0) is 14.4 Å². The second-order valence-electron chi connectivity index (χ2n) is 6.20. The highest BCUT2D eigenvalue weighted by atomic mass is 16.2. The topological polar surface area (TPSA) is 57.7 Å². The van der Waals surface area contributed by atoms with Crippen molar-refractivity contribution in [3.8, 4) is 0 Å². The number of rotatable bonds is 2. The van der Waals surface area contributed by atoms with Gasteiger partial charge in [-0.2, -0.15) is 0 Å². The molecule has 3 fully saturated rings. The Balaban J connectivity index is 1.73. The third-order valence-corrected chi connectivity index (χ3v) is 4.86. The molecule has 0 radical (unpaired) electrons. The molecule has 0 unspecified atom stereocenters. The average molecular weight is 278 g/mol. The molecule has 2 amide bonds. The number of fused-ring (bicyclic) bond motifs is 1. The third kappa shape index (κ3) is 2.51. The van der Waals surface area contributed by atoms with Crippen LogP contribution in [0.3, 0.4) is 0 Å². The standard InChI is InChI=1S/C15H22N2O3/c18-12-5-3-9-16-8-2-4-11(15(12)16)10-17-13(19)6-1-7-14(17)20/h11,15H,1-10H2/t11-,15+/m0/s1. The minimum Gasteiger partial charge on any atom is -0.298 e. The molecule has 2 atom stereocenters. The molecule has 3 aliphatic heterocycles. The van der Waals surface area contributed by atoms with Crippen LogP contribution >= 0.6 is 0 Å². The Morgan fingerprint density at radius 3 is 2.35 bits per heavy atom. The van der Waals surface area contributed by atoms with Crippen molar-refractivity contribution in [2.24, 2.45) is 5.92 Å². The third-order valence-electron chi connectivity index (χ3n) is 4.86. The van der Waals surface area contributed by atoms with Crippen LogP contribution in [0.15, 0.2) is 0 Å². The molecule has 110 valence electrons. The monoisotopic (exact) mass is 278 g/mol. The van der Waals surface area contributed by atoms with Crippen LogP contribution in [0.1, 0.15) is 44.9 Å². The molecule has 0 bridgehead atoms.